The Morgan fingerprint density at radius 1 is 0.905 bits per heavy atom. The first-order chi connectivity index (χ1) is 10.1. The highest BCUT2D eigenvalue weighted by atomic mass is 32.2. The lowest BCUT2D eigenvalue weighted by atomic mass is 10.2. The smallest absolute Gasteiger partial charge is 0.339 e. The molecule has 0 amide bonds. The van der Waals surface area contributed by atoms with Crippen molar-refractivity contribution in [3.63, 3.8) is 0 Å². The second kappa shape index (κ2) is 5.79. The van der Waals surface area contributed by atoms with Crippen LogP contribution in [0.15, 0.2) is 81.6 Å². The third-order valence-corrected chi connectivity index (χ3v) is 5.23. The summed E-state index contributed by atoms with van der Waals surface area (Å²) >= 11 is 1.30. The van der Waals surface area contributed by atoms with Crippen LogP contribution in [0.5, 0.6) is 0 Å². The standard InChI is InChI=1S/C16H12O3S2/c17-21(18,14-9-2-1-3-10-14)19-16-12-6-8-13-7-4-5-11-15(13)20-16/h1-12H. The van der Waals surface area contributed by atoms with Gasteiger partial charge in [0.2, 0.25) is 0 Å². The predicted molar refractivity (Wildman–Crippen MR) is 84.1 cm³/mol. The van der Waals surface area contributed by atoms with Crippen LogP contribution in [0.1, 0.15) is 5.56 Å². The van der Waals surface area contributed by atoms with E-state index in [4.69, 9.17) is 4.18 Å². The zero-order valence-corrected chi connectivity index (χ0v) is 12.6. The first-order valence-corrected chi connectivity index (χ1v) is 8.52. The van der Waals surface area contributed by atoms with Gasteiger partial charge >= 0.3 is 10.1 Å². The average Bonchev–Trinajstić information content (AvgIpc) is 2.69. The summed E-state index contributed by atoms with van der Waals surface area (Å²) in [4.78, 5) is 1.11. The molecule has 0 saturated heterocycles. The minimum Gasteiger partial charge on any atom is -0.371 e. The van der Waals surface area contributed by atoms with Crippen molar-refractivity contribution in [2.75, 3.05) is 0 Å². The van der Waals surface area contributed by atoms with Crippen LogP contribution >= 0.6 is 11.8 Å². The van der Waals surface area contributed by atoms with E-state index >= 15 is 0 Å². The monoisotopic (exact) mass is 316 g/mol. The zero-order valence-electron chi connectivity index (χ0n) is 11.0. The topological polar surface area (TPSA) is 43.4 Å². The minimum atomic E-state index is -3.80. The summed E-state index contributed by atoms with van der Waals surface area (Å²) in [6, 6.07) is 15.9. The van der Waals surface area contributed by atoms with E-state index in [1.807, 2.05) is 30.3 Å². The van der Waals surface area contributed by atoms with Crippen LogP contribution < -0.4 is 0 Å². The van der Waals surface area contributed by atoms with E-state index in [0.29, 0.717) is 5.09 Å². The third kappa shape index (κ3) is 3.20. The Morgan fingerprint density at radius 3 is 2.43 bits per heavy atom. The number of fused-ring (bicyclic) bond motifs is 1. The Labute approximate surface area is 128 Å². The van der Waals surface area contributed by atoms with E-state index < -0.39 is 10.1 Å². The van der Waals surface area contributed by atoms with Gasteiger partial charge in [0, 0.05) is 4.90 Å². The molecule has 106 valence electrons. The highest BCUT2D eigenvalue weighted by Gasteiger charge is 2.19. The molecule has 3 nitrogen and oxygen atoms in total. The Hall–Kier alpha value is -1.98. The molecule has 1 aliphatic heterocycles. The third-order valence-electron chi connectivity index (χ3n) is 2.86. The lowest BCUT2D eigenvalue weighted by Crippen LogP contribution is -2.04. The minimum absolute atomic E-state index is 0.146. The molecule has 0 radical (unpaired) electrons. The molecular weight excluding hydrogens is 304 g/mol. The van der Waals surface area contributed by atoms with Gasteiger partial charge in [0.05, 0.1) is 0 Å². The van der Waals surface area contributed by atoms with Crippen LogP contribution in [0.3, 0.4) is 0 Å². The van der Waals surface area contributed by atoms with Crippen LogP contribution in [-0.2, 0) is 14.3 Å². The Morgan fingerprint density at radius 2 is 1.62 bits per heavy atom. The molecule has 0 aromatic heterocycles. The first-order valence-electron chi connectivity index (χ1n) is 6.30. The van der Waals surface area contributed by atoms with Gasteiger partial charge in [-0.2, -0.15) is 8.42 Å². The highest BCUT2D eigenvalue weighted by molar-refractivity contribution is 8.03. The van der Waals surface area contributed by atoms with E-state index in [-0.39, 0.29) is 4.90 Å². The summed E-state index contributed by atoms with van der Waals surface area (Å²) in [5.41, 5.74) is 1.04. The van der Waals surface area contributed by atoms with Crippen LogP contribution in [0, 0.1) is 0 Å². The quantitative estimate of drug-likeness (QED) is 0.801. The van der Waals surface area contributed by atoms with Crippen molar-refractivity contribution in [1.82, 2.24) is 0 Å². The van der Waals surface area contributed by atoms with E-state index in [2.05, 4.69) is 0 Å². The maximum absolute atomic E-state index is 12.2. The second-order valence-corrected chi connectivity index (χ2v) is 6.93. The highest BCUT2D eigenvalue weighted by Crippen LogP contribution is 2.35. The van der Waals surface area contributed by atoms with Gasteiger partial charge in [-0.15, -0.1) is 0 Å². The fourth-order valence-electron chi connectivity index (χ4n) is 1.87. The van der Waals surface area contributed by atoms with Gasteiger partial charge in [0.15, 0.2) is 5.09 Å². The van der Waals surface area contributed by atoms with Gasteiger partial charge in [0.1, 0.15) is 4.90 Å². The molecule has 1 aliphatic rings. The van der Waals surface area contributed by atoms with Crippen molar-refractivity contribution in [1.29, 1.82) is 0 Å². The molecule has 0 fully saturated rings. The number of benzene rings is 2. The summed E-state index contributed by atoms with van der Waals surface area (Å²) in [5, 5.41) is 0.333. The predicted octanol–water partition coefficient (Wildman–Crippen LogP) is 4.05. The zero-order chi connectivity index (χ0) is 14.7. The fourth-order valence-corrected chi connectivity index (χ4v) is 3.90. The van der Waals surface area contributed by atoms with E-state index in [9.17, 15) is 8.42 Å². The van der Waals surface area contributed by atoms with E-state index in [1.165, 1.54) is 23.9 Å². The van der Waals surface area contributed by atoms with Gasteiger partial charge in [-0.05, 0) is 29.8 Å². The molecule has 0 atom stereocenters. The summed E-state index contributed by atoms with van der Waals surface area (Å²) < 4.78 is 29.7. The molecule has 0 spiro atoms. The summed E-state index contributed by atoms with van der Waals surface area (Å²) in [5.74, 6) is 0. The molecule has 2 aromatic carbocycles. The Kier molecular flexibility index (Phi) is 3.86. The van der Waals surface area contributed by atoms with Crippen molar-refractivity contribution in [3.05, 3.63) is 77.4 Å². The van der Waals surface area contributed by atoms with E-state index in [1.54, 1.807) is 30.4 Å². The van der Waals surface area contributed by atoms with Crippen LogP contribution in [0.25, 0.3) is 6.08 Å². The summed E-state index contributed by atoms with van der Waals surface area (Å²) in [6.07, 6.45) is 5.37. The maximum Gasteiger partial charge on any atom is 0.339 e. The molecule has 0 saturated carbocycles. The van der Waals surface area contributed by atoms with Crippen molar-refractivity contribution in [2.45, 2.75) is 9.79 Å². The number of hydrogen-bond donors (Lipinski definition) is 0. The number of rotatable bonds is 3. The van der Waals surface area contributed by atoms with Crippen molar-refractivity contribution in [2.24, 2.45) is 0 Å². The normalized spacial score (nSPS) is 14.0. The lowest BCUT2D eigenvalue weighted by Gasteiger charge is -2.10. The number of hydrogen-bond acceptors (Lipinski definition) is 4. The molecule has 0 bridgehead atoms. The van der Waals surface area contributed by atoms with Crippen LogP contribution in [0.4, 0.5) is 0 Å². The molecule has 2 aromatic rings. The number of thioether (sulfide) groups is 1. The molecule has 0 unspecified atom stereocenters. The summed E-state index contributed by atoms with van der Waals surface area (Å²) in [7, 11) is -3.80. The Balaban J connectivity index is 1.87. The average molecular weight is 316 g/mol. The SMILES string of the molecule is O=S(=O)(OC1=CC=Cc2ccccc2S1)c1ccccc1. The maximum atomic E-state index is 12.2. The first kappa shape index (κ1) is 14.0. The van der Waals surface area contributed by atoms with Gasteiger partial charge in [-0.3, -0.25) is 0 Å². The van der Waals surface area contributed by atoms with Crippen LogP contribution in [0.2, 0.25) is 0 Å². The summed E-state index contributed by atoms with van der Waals surface area (Å²) in [6.45, 7) is 0. The molecule has 3 rings (SSSR count). The second-order valence-electron chi connectivity index (χ2n) is 4.34. The van der Waals surface area contributed by atoms with Gasteiger partial charge in [-0.25, -0.2) is 0 Å². The van der Waals surface area contributed by atoms with Gasteiger partial charge in [0.25, 0.3) is 0 Å². The van der Waals surface area contributed by atoms with Crippen molar-refractivity contribution < 1.29 is 12.6 Å². The van der Waals surface area contributed by atoms with Crippen molar-refractivity contribution >= 4 is 28.0 Å². The fraction of sp³-hybridized carbons (Fsp3) is 0. The van der Waals surface area contributed by atoms with E-state index in [0.717, 1.165) is 10.5 Å². The molecule has 0 N–H and O–H groups in total. The Bertz CT molecular complexity index is 806. The molecular formula is C16H12O3S2. The van der Waals surface area contributed by atoms with Gasteiger partial charge < -0.3 is 4.18 Å². The van der Waals surface area contributed by atoms with Crippen molar-refractivity contribution in [3.8, 4) is 0 Å². The molecule has 1 heterocycles. The molecule has 5 heteroatoms. The number of allylic oxidation sites excluding steroid dienone is 2. The molecule has 21 heavy (non-hydrogen) atoms. The van der Waals surface area contributed by atoms with Crippen LogP contribution in [-0.4, -0.2) is 8.42 Å². The molecule has 0 aliphatic carbocycles. The largest absolute Gasteiger partial charge is 0.371 e. The van der Waals surface area contributed by atoms with Gasteiger partial charge in [-0.1, -0.05) is 60.3 Å². The lowest BCUT2D eigenvalue weighted by molar-refractivity contribution is 0.434.